The van der Waals surface area contributed by atoms with Crippen LogP contribution in [-0.2, 0) is 6.54 Å². The van der Waals surface area contributed by atoms with E-state index in [-0.39, 0.29) is 12.5 Å². The minimum absolute atomic E-state index is 0.0587. The maximum absolute atomic E-state index is 12.3. The summed E-state index contributed by atoms with van der Waals surface area (Å²) in [5.41, 5.74) is 0.965. The van der Waals surface area contributed by atoms with Crippen molar-refractivity contribution in [3.63, 3.8) is 0 Å². The molecule has 18 heavy (non-hydrogen) atoms. The Labute approximate surface area is 109 Å². The van der Waals surface area contributed by atoms with E-state index < -0.39 is 0 Å². The number of H-pyrrole nitrogens is 1. The largest absolute Gasteiger partial charge is 0.395 e. The molecule has 2 heterocycles. The number of nitrogens with zero attached hydrogens (tertiary/aromatic N) is 2. The molecule has 0 saturated carbocycles. The maximum Gasteiger partial charge on any atom is 0.264 e. The second-order valence-electron chi connectivity index (χ2n) is 3.92. The molecule has 0 aromatic carbocycles. The SMILES string of the molecule is Cc1ccsc1C(=O)N(CCO)Cc1ncc[nH]1. The summed E-state index contributed by atoms with van der Waals surface area (Å²) in [6.45, 7) is 2.53. The summed E-state index contributed by atoms with van der Waals surface area (Å²) < 4.78 is 0. The summed E-state index contributed by atoms with van der Waals surface area (Å²) in [5.74, 6) is 0.652. The first-order chi connectivity index (χ1) is 8.72. The van der Waals surface area contributed by atoms with Crippen molar-refractivity contribution < 1.29 is 9.90 Å². The van der Waals surface area contributed by atoms with Gasteiger partial charge >= 0.3 is 0 Å². The maximum atomic E-state index is 12.3. The monoisotopic (exact) mass is 265 g/mol. The molecule has 0 aliphatic carbocycles. The standard InChI is InChI=1S/C12H15N3O2S/c1-9-2-7-18-11(9)12(17)15(5-6-16)8-10-13-3-4-14-10/h2-4,7,16H,5-6,8H2,1H3,(H,13,14). The predicted octanol–water partition coefficient (Wildman–Crippen LogP) is 1.41. The van der Waals surface area contributed by atoms with Crippen LogP contribution in [0.1, 0.15) is 21.1 Å². The lowest BCUT2D eigenvalue weighted by Gasteiger charge is -2.20. The number of aromatic amines is 1. The fourth-order valence-corrected chi connectivity index (χ4v) is 2.57. The number of carbonyl (C=O) groups is 1. The van der Waals surface area contributed by atoms with Crippen LogP contribution in [0.2, 0.25) is 0 Å². The van der Waals surface area contributed by atoms with Gasteiger partial charge in [0.15, 0.2) is 0 Å². The number of amides is 1. The van der Waals surface area contributed by atoms with E-state index in [1.165, 1.54) is 11.3 Å². The third-order valence-corrected chi connectivity index (χ3v) is 3.61. The molecule has 0 aliphatic heterocycles. The molecule has 0 saturated heterocycles. The van der Waals surface area contributed by atoms with Crippen molar-refractivity contribution >= 4 is 17.2 Å². The van der Waals surface area contributed by atoms with Crippen LogP contribution in [0.25, 0.3) is 0 Å². The fourth-order valence-electron chi connectivity index (χ4n) is 1.67. The number of thiophene rings is 1. The topological polar surface area (TPSA) is 69.2 Å². The van der Waals surface area contributed by atoms with Gasteiger partial charge in [0, 0.05) is 18.9 Å². The molecular formula is C12H15N3O2S. The van der Waals surface area contributed by atoms with E-state index in [2.05, 4.69) is 9.97 Å². The molecule has 0 spiro atoms. The highest BCUT2D eigenvalue weighted by Gasteiger charge is 2.19. The molecule has 2 N–H and O–H groups in total. The molecule has 0 unspecified atom stereocenters. The van der Waals surface area contributed by atoms with Crippen LogP contribution in [-0.4, -0.2) is 39.0 Å². The van der Waals surface area contributed by atoms with Crippen molar-refractivity contribution in [2.75, 3.05) is 13.2 Å². The van der Waals surface area contributed by atoms with Crippen LogP contribution < -0.4 is 0 Å². The molecule has 0 fully saturated rings. The highest BCUT2D eigenvalue weighted by atomic mass is 32.1. The Kier molecular flexibility index (Phi) is 4.11. The molecule has 0 bridgehead atoms. The summed E-state index contributed by atoms with van der Waals surface area (Å²) in [4.78, 5) is 21.7. The zero-order valence-electron chi connectivity index (χ0n) is 10.1. The van der Waals surface area contributed by atoms with Crippen molar-refractivity contribution in [2.24, 2.45) is 0 Å². The summed E-state index contributed by atoms with van der Waals surface area (Å²) in [6.07, 6.45) is 3.36. The molecule has 96 valence electrons. The van der Waals surface area contributed by atoms with Crippen molar-refractivity contribution in [3.8, 4) is 0 Å². The number of aliphatic hydroxyl groups excluding tert-OH is 1. The third-order valence-electron chi connectivity index (χ3n) is 2.61. The number of carbonyl (C=O) groups excluding carboxylic acids is 1. The quantitative estimate of drug-likeness (QED) is 0.859. The van der Waals surface area contributed by atoms with Crippen molar-refractivity contribution in [1.82, 2.24) is 14.9 Å². The first kappa shape index (κ1) is 12.8. The summed E-state index contributed by atoms with van der Waals surface area (Å²) in [7, 11) is 0. The number of aromatic nitrogens is 2. The van der Waals surface area contributed by atoms with Gasteiger partial charge in [-0.05, 0) is 23.9 Å². The van der Waals surface area contributed by atoms with Crippen LogP contribution in [0.15, 0.2) is 23.8 Å². The van der Waals surface area contributed by atoms with Crippen LogP contribution in [0.3, 0.4) is 0 Å². The van der Waals surface area contributed by atoms with Gasteiger partial charge in [-0.3, -0.25) is 4.79 Å². The van der Waals surface area contributed by atoms with E-state index in [1.54, 1.807) is 17.3 Å². The molecule has 5 nitrogen and oxygen atoms in total. The first-order valence-corrected chi connectivity index (χ1v) is 6.53. The van der Waals surface area contributed by atoms with Gasteiger partial charge in [0.1, 0.15) is 5.82 Å². The van der Waals surface area contributed by atoms with Gasteiger partial charge in [-0.25, -0.2) is 4.98 Å². The summed E-state index contributed by atoms with van der Waals surface area (Å²) in [5, 5.41) is 11.0. The second-order valence-corrected chi connectivity index (χ2v) is 4.84. The lowest BCUT2D eigenvalue weighted by molar-refractivity contribution is 0.0707. The molecule has 0 aliphatic rings. The minimum atomic E-state index is -0.0621. The van der Waals surface area contributed by atoms with E-state index in [4.69, 9.17) is 5.11 Å². The van der Waals surface area contributed by atoms with Crippen LogP contribution in [0, 0.1) is 6.92 Å². The smallest absolute Gasteiger partial charge is 0.264 e. The molecule has 0 atom stereocenters. The van der Waals surface area contributed by atoms with Crippen LogP contribution in [0.5, 0.6) is 0 Å². The summed E-state index contributed by atoms with van der Waals surface area (Å²) >= 11 is 1.42. The van der Waals surface area contributed by atoms with Crippen molar-refractivity contribution in [1.29, 1.82) is 0 Å². The van der Waals surface area contributed by atoms with E-state index >= 15 is 0 Å². The molecule has 2 rings (SSSR count). The number of aryl methyl sites for hydroxylation is 1. The first-order valence-electron chi connectivity index (χ1n) is 5.65. The number of rotatable bonds is 5. The lowest BCUT2D eigenvalue weighted by atomic mass is 10.2. The van der Waals surface area contributed by atoms with Gasteiger partial charge in [-0.2, -0.15) is 0 Å². The second kappa shape index (κ2) is 5.79. The van der Waals surface area contributed by atoms with Crippen molar-refractivity contribution in [3.05, 3.63) is 40.1 Å². The van der Waals surface area contributed by atoms with E-state index in [0.717, 1.165) is 10.4 Å². The Morgan fingerprint density at radius 1 is 1.61 bits per heavy atom. The van der Waals surface area contributed by atoms with Crippen molar-refractivity contribution in [2.45, 2.75) is 13.5 Å². The van der Waals surface area contributed by atoms with E-state index in [0.29, 0.717) is 18.9 Å². The van der Waals surface area contributed by atoms with Gasteiger partial charge in [0.25, 0.3) is 5.91 Å². The zero-order valence-corrected chi connectivity index (χ0v) is 10.9. The number of hydrogen-bond donors (Lipinski definition) is 2. The molecule has 2 aromatic rings. The molecule has 6 heteroatoms. The summed E-state index contributed by atoms with van der Waals surface area (Å²) in [6, 6.07) is 1.92. The Morgan fingerprint density at radius 3 is 3.00 bits per heavy atom. The van der Waals surface area contributed by atoms with Gasteiger partial charge in [-0.15, -0.1) is 11.3 Å². The van der Waals surface area contributed by atoms with E-state index in [9.17, 15) is 4.79 Å². The van der Waals surface area contributed by atoms with Gasteiger partial charge < -0.3 is 15.0 Å². The number of aliphatic hydroxyl groups is 1. The minimum Gasteiger partial charge on any atom is -0.395 e. The van der Waals surface area contributed by atoms with Gasteiger partial charge in [-0.1, -0.05) is 0 Å². The number of imidazole rings is 1. The van der Waals surface area contributed by atoms with Gasteiger partial charge in [0.2, 0.25) is 0 Å². The lowest BCUT2D eigenvalue weighted by Crippen LogP contribution is -2.33. The normalized spacial score (nSPS) is 10.6. The zero-order chi connectivity index (χ0) is 13.0. The molecule has 2 aromatic heterocycles. The Balaban J connectivity index is 2.15. The number of nitrogens with one attached hydrogen (secondary N) is 1. The molecule has 0 radical (unpaired) electrons. The Morgan fingerprint density at radius 2 is 2.44 bits per heavy atom. The average Bonchev–Trinajstić information content (AvgIpc) is 2.99. The predicted molar refractivity (Wildman–Crippen MR) is 69.5 cm³/mol. The van der Waals surface area contributed by atoms with E-state index in [1.807, 2.05) is 18.4 Å². The van der Waals surface area contributed by atoms with Crippen LogP contribution in [0.4, 0.5) is 0 Å². The highest BCUT2D eigenvalue weighted by Crippen LogP contribution is 2.18. The highest BCUT2D eigenvalue weighted by molar-refractivity contribution is 7.12. The third kappa shape index (κ3) is 2.77. The van der Waals surface area contributed by atoms with Gasteiger partial charge in [0.05, 0.1) is 18.0 Å². The Bertz CT molecular complexity index is 507. The Hall–Kier alpha value is -1.66. The molecule has 1 amide bonds. The fraction of sp³-hybridized carbons (Fsp3) is 0.333. The average molecular weight is 265 g/mol. The van der Waals surface area contributed by atoms with Crippen LogP contribution >= 0.6 is 11.3 Å². The number of hydrogen-bond acceptors (Lipinski definition) is 4. The molecular weight excluding hydrogens is 250 g/mol.